The lowest BCUT2D eigenvalue weighted by Crippen LogP contribution is -2.45. The van der Waals surface area contributed by atoms with E-state index >= 15 is 0 Å². The molecule has 0 aliphatic rings. The van der Waals surface area contributed by atoms with E-state index in [-0.39, 0.29) is 13.0 Å². The molecule has 3 aromatic rings. The number of amides is 2. The van der Waals surface area contributed by atoms with Gasteiger partial charge in [-0.1, -0.05) is 60.7 Å². The maximum atomic E-state index is 13.1. The normalized spacial score (nSPS) is 11.7. The third kappa shape index (κ3) is 8.62. The smallest absolute Gasteiger partial charge is 0.408 e. The molecule has 0 radical (unpaired) electrons. The molecule has 0 aliphatic carbocycles. The molecule has 0 spiro atoms. The number of ether oxygens (including phenoxy) is 2. The second-order valence-corrected chi connectivity index (χ2v) is 9.02. The van der Waals surface area contributed by atoms with E-state index in [2.05, 4.69) is 10.6 Å². The quantitative estimate of drug-likeness (QED) is 0.442. The van der Waals surface area contributed by atoms with Crippen molar-refractivity contribution in [1.29, 1.82) is 0 Å². The summed E-state index contributed by atoms with van der Waals surface area (Å²) in [5.41, 5.74) is 1.99. The van der Waals surface area contributed by atoms with Crippen molar-refractivity contribution in [3.05, 3.63) is 102 Å². The first-order valence-corrected chi connectivity index (χ1v) is 11.3. The van der Waals surface area contributed by atoms with Gasteiger partial charge in [-0.2, -0.15) is 0 Å². The van der Waals surface area contributed by atoms with Gasteiger partial charge < -0.3 is 20.1 Å². The van der Waals surface area contributed by atoms with Gasteiger partial charge in [-0.25, -0.2) is 9.59 Å². The lowest BCUT2D eigenvalue weighted by molar-refractivity contribution is -0.118. The molecule has 0 aliphatic heterocycles. The zero-order valence-corrected chi connectivity index (χ0v) is 20.1. The summed E-state index contributed by atoms with van der Waals surface area (Å²) in [6, 6.07) is 24.2. The van der Waals surface area contributed by atoms with Gasteiger partial charge in [-0.15, -0.1) is 0 Å². The number of hydrogen-bond donors (Lipinski definition) is 2. The maximum absolute atomic E-state index is 13.1. The summed E-state index contributed by atoms with van der Waals surface area (Å²) in [5, 5.41) is 5.46. The Bertz CT molecular complexity index is 1120. The zero-order chi connectivity index (χ0) is 25.3. The van der Waals surface area contributed by atoms with Crippen LogP contribution in [0.3, 0.4) is 0 Å². The molecule has 3 aromatic carbocycles. The number of rotatable bonds is 8. The molecule has 2 amide bonds. The van der Waals surface area contributed by atoms with Crippen molar-refractivity contribution in [2.24, 2.45) is 0 Å². The molecule has 0 bridgehead atoms. The number of esters is 1. The van der Waals surface area contributed by atoms with Crippen molar-refractivity contribution in [2.75, 3.05) is 5.32 Å². The molecule has 7 heteroatoms. The predicted octanol–water partition coefficient (Wildman–Crippen LogP) is 5.12. The van der Waals surface area contributed by atoms with Crippen LogP contribution in [0, 0.1) is 0 Å². The molecular formula is C28H30N2O5. The summed E-state index contributed by atoms with van der Waals surface area (Å²) in [5.74, 6) is -0.851. The van der Waals surface area contributed by atoms with E-state index in [0.717, 1.165) is 11.1 Å². The first kappa shape index (κ1) is 25.5. The highest BCUT2D eigenvalue weighted by molar-refractivity contribution is 5.97. The Morgan fingerprint density at radius 3 is 1.94 bits per heavy atom. The molecule has 0 aromatic heterocycles. The van der Waals surface area contributed by atoms with Crippen LogP contribution in [-0.2, 0) is 27.3 Å². The summed E-state index contributed by atoms with van der Waals surface area (Å²) in [7, 11) is 0. The van der Waals surface area contributed by atoms with E-state index in [1.165, 1.54) is 0 Å². The van der Waals surface area contributed by atoms with Crippen molar-refractivity contribution in [3.8, 4) is 0 Å². The van der Waals surface area contributed by atoms with Crippen LogP contribution in [0.5, 0.6) is 0 Å². The minimum Gasteiger partial charge on any atom is -0.456 e. The molecule has 0 fully saturated rings. The largest absolute Gasteiger partial charge is 0.456 e. The maximum Gasteiger partial charge on any atom is 0.408 e. The highest BCUT2D eigenvalue weighted by Gasteiger charge is 2.23. The number of nitrogens with one attached hydrogen (secondary N) is 2. The third-order valence-corrected chi connectivity index (χ3v) is 4.89. The lowest BCUT2D eigenvalue weighted by atomic mass is 10.1. The minimum atomic E-state index is -0.869. The van der Waals surface area contributed by atoms with Gasteiger partial charge in [0.25, 0.3) is 0 Å². The molecule has 0 heterocycles. The number of alkyl carbamates (subject to hydrolysis) is 1. The number of carbonyl (C=O) groups excluding carboxylic acids is 3. The summed E-state index contributed by atoms with van der Waals surface area (Å²) in [4.78, 5) is 37.7. The van der Waals surface area contributed by atoms with Crippen molar-refractivity contribution in [2.45, 2.75) is 45.4 Å². The first-order valence-electron chi connectivity index (χ1n) is 11.3. The van der Waals surface area contributed by atoms with E-state index in [4.69, 9.17) is 9.47 Å². The van der Waals surface area contributed by atoms with E-state index in [0.29, 0.717) is 11.3 Å². The fourth-order valence-corrected chi connectivity index (χ4v) is 3.22. The van der Waals surface area contributed by atoms with Crippen LogP contribution in [0.25, 0.3) is 0 Å². The molecule has 1 unspecified atom stereocenters. The topological polar surface area (TPSA) is 93.7 Å². The van der Waals surface area contributed by atoms with Gasteiger partial charge in [-0.3, -0.25) is 4.79 Å². The number of hydrogen-bond acceptors (Lipinski definition) is 5. The van der Waals surface area contributed by atoms with Crippen LogP contribution >= 0.6 is 0 Å². The lowest BCUT2D eigenvalue weighted by Gasteiger charge is -2.20. The Balaban J connectivity index is 1.65. The molecule has 0 saturated carbocycles. The first-order chi connectivity index (χ1) is 16.7. The molecule has 0 saturated heterocycles. The van der Waals surface area contributed by atoms with Gasteiger partial charge in [0.2, 0.25) is 5.91 Å². The Morgan fingerprint density at radius 1 is 0.800 bits per heavy atom. The van der Waals surface area contributed by atoms with Gasteiger partial charge in [0, 0.05) is 12.1 Å². The summed E-state index contributed by atoms with van der Waals surface area (Å²) in [6.45, 7) is 5.48. The Hall–Kier alpha value is -4.13. The van der Waals surface area contributed by atoms with Gasteiger partial charge in [0.15, 0.2) is 0 Å². The zero-order valence-electron chi connectivity index (χ0n) is 20.1. The van der Waals surface area contributed by atoms with E-state index < -0.39 is 29.6 Å². The predicted molar refractivity (Wildman–Crippen MR) is 134 cm³/mol. The van der Waals surface area contributed by atoms with Crippen LogP contribution < -0.4 is 10.6 Å². The Kier molecular flexibility index (Phi) is 8.62. The molecular weight excluding hydrogens is 444 g/mol. The standard InChI is InChI=1S/C28H30N2O5/c1-28(2,3)35-26(32)22-14-16-23(17-15-22)29-25(31)24(18-20-10-6-4-7-11-20)30-27(33)34-19-21-12-8-5-9-13-21/h4-17,24H,18-19H2,1-3H3,(H,29,31)(H,30,33). The highest BCUT2D eigenvalue weighted by Crippen LogP contribution is 2.16. The van der Waals surface area contributed by atoms with Gasteiger partial charge in [-0.05, 0) is 56.2 Å². The van der Waals surface area contributed by atoms with Crippen molar-refractivity contribution >= 4 is 23.7 Å². The molecule has 182 valence electrons. The minimum absolute atomic E-state index is 0.0957. The van der Waals surface area contributed by atoms with Crippen LogP contribution in [0.4, 0.5) is 10.5 Å². The summed E-state index contributed by atoms with van der Waals surface area (Å²) >= 11 is 0. The van der Waals surface area contributed by atoms with Crippen LogP contribution in [0.2, 0.25) is 0 Å². The molecule has 3 rings (SSSR count). The fourth-order valence-electron chi connectivity index (χ4n) is 3.22. The van der Waals surface area contributed by atoms with Crippen molar-refractivity contribution < 1.29 is 23.9 Å². The van der Waals surface area contributed by atoms with E-state index in [9.17, 15) is 14.4 Å². The third-order valence-electron chi connectivity index (χ3n) is 4.89. The number of carbonyl (C=O) groups is 3. The van der Waals surface area contributed by atoms with Crippen molar-refractivity contribution in [3.63, 3.8) is 0 Å². The van der Waals surface area contributed by atoms with E-state index in [1.807, 2.05) is 60.7 Å². The van der Waals surface area contributed by atoms with Crippen LogP contribution in [0.1, 0.15) is 42.3 Å². The summed E-state index contributed by atoms with van der Waals surface area (Å²) in [6.07, 6.45) is -0.409. The summed E-state index contributed by atoms with van der Waals surface area (Å²) < 4.78 is 10.7. The van der Waals surface area contributed by atoms with Crippen molar-refractivity contribution in [1.82, 2.24) is 5.32 Å². The number of anilines is 1. The molecule has 35 heavy (non-hydrogen) atoms. The highest BCUT2D eigenvalue weighted by atomic mass is 16.6. The molecule has 7 nitrogen and oxygen atoms in total. The Morgan fingerprint density at radius 2 is 1.37 bits per heavy atom. The molecule has 1 atom stereocenters. The SMILES string of the molecule is CC(C)(C)OC(=O)c1ccc(NC(=O)C(Cc2ccccc2)NC(=O)OCc2ccccc2)cc1. The second-order valence-electron chi connectivity index (χ2n) is 9.02. The van der Waals surface area contributed by atoms with E-state index in [1.54, 1.807) is 45.0 Å². The van der Waals surface area contributed by atoms with Gasteiger partial charge in [0.1, 0.15) is 18.2 Å². The van der Waals surface area contributed by atoms with Gasteiger partial charge in [0.05, 0.1) is 5.56 Å². The average Bonchev–Trinajstić information content (AvgIpc) is 2.83. The second kappa shape index (κ2) is 11.8. The average molecular weight is 475 g/mol. The Labute approximate surface area is 205 Å². The fraction of sp³-hybridized carbons (Fsp3) is 0.250. The number of benzene rings is 3. The van der Waals surface area contributed by atoms with Crippen LogP contribution in [0.15, 0.2) is 84.9 Å². The molecule has 2 N–H and O–H groups in total. The monoisotopic (exact) mass is 474 g/mol. The van der Waals surface area contributed by atoms with Crippen LogP contribution in [-0.4, -0.2) is 29.6 Å². The van der Waals surface area contributed by atoms with Gasteiger partial charge >= 0.3 is 12.1 Å².